The molecule has 2 aromatic carbocycles. The minimum Gasteiger partial charge on any atom is -0.366 e. The maximum Gasteiger partial charge on any atom is 0.416 e. The molecule has 8 nitrogen and oxygen atoms in total. The lowest BCUT2D eigenvalue weighted by molar-refractivity contribution is -0.384. The van der Waals surface area contributed by atoms with Crippen LogP contribution in [0.1, 0.15) is 28.8 Å². The van der Waals surface area contributed by atoms with Gasteiger partial charge >= 0.3 is 6.18 Å². The van der Waals surface area contributed by atoms with E-state index in [0.717, 1.165) is 12.1 Å². The van der Waals surface area contributed by atoms with E-state index >= 15 is 0 Å². The third kappa shape index (κ3) is 5.10. The fraction of sp³-hybridized carbons (Fsp3) is 0.300. The summed E-state index contributed by atoms with van der Waals surface area (Å²) in [7, 11) is 0. The Hall–Kier alpha value is -3.34. The molecule has 2 amide bonds. The van der Waals surface area contributed by atoms with E-state index in [1.807, 2.05) is 0 Å². The highest BCUT2D eigenvalue weighted by Crippen LogP contribution is 2.37. The van der Waals surface area contributed by atoms with Crippen molar-refractivity contribution in [2.75, 3.05) is 23.3 Å². The molecule has 1 fully saturated rings. The number of piperidine rings is 1. The van der Waals surface area contributed by atoms with Crippen LogP contribution in [0.3, 0.4) is 0 Å². The SMILES string of the molecule is NC(=O)c1ccc(NC(=O)C2CCN(c3ccc(C(F)(F)F)cc3[N+](=O)[O-])CC2)cc1Cl. The van der Waals surface area contributed by atoms with Gasteiger partial charge in [0.1, 0.15) is 5.69 Å². The molecule has 0 aromatic heterocycles. The van der Waals surface area contributed by atoms with E-state index < -0.39 is 34.2 Å². The summed E-state index contributed by atoms with van der Waals surface area (Å²) in [6.07, 6.45) is -4.00. The number of nitro groups is 1. The van der Waals surface area contributed by atoms with Crippen molar-refractivity contribution in [1.29, 1.82) is 0 Å². The molecule has 0 unspecified atom stereocenters. The molecular weight excluding hydrogens is 453 g/mol. The van der Waals surface area contributed by atoms with E-state index in [0.29, 0.717) is 24.6 Å². The number of amides is 2. The minimum atomic E-state index is -4.69. The quantitative estimate of drug-likeness (QED) is 0.501. The van der Waals surface area contributed by atoms with Gasteiger partial charge in [0.15, 0.2) is 0 Å². The molecule has 1 saturated heterocycles. The van der Waals surface area contributed by atoms with Crippen molar-refractivity contribution < 1.29 is 27.7 Å². The van der Waals surface area contributed by atoms with Crippen LogP contribution in [0, 0.1) is 16.0 Å². The van der Waals surface area contributed by atoms with E-state index in [9.17, 15) is 32.9 Å². The number of carbonyl (C=O) groups is 2. The van der Waals surface area contributed by atoms with Crippen molar-refractivity contribution in [2.45, 2.75) is 19.0 Å². The van der Waals surface area contributed by atoms with Gasteiger partial charge < -0.3 is 16.0 Å². The summed E-state index contributed by atoms with van der Waals surface area (Å²) < 4.78 is 38.7. The maximum absolute atomic E-state index is 12.9. The predicted octanol–water partition coefficient (Wildman–Crippen LogP) is 4.22. The van der Waals surface area contributed by atoms with Crippen LogP contribution in [-0.2, 0) is 11.0 Å². The Morgan fingerprint density at radius 1 is 1.16 bits per heavy atom. The van der Waals surface area contributed by atoms with Crippen LogP contribution >= 0.6 is 11.6 Å². The third-order valence-electron chi connectivity index (χ3n) is 5.21. The first kappa shape index (κ1) is 23.3. The number of nitrogens with one attached hydrogen (secondary N) is 1. The van der Waals surface area contributed by atoms with Crippen LogP contribution in [0.5, 0.6) is 0 Å². The van der Waals surface area contributed by atoms with Crippen LogP contribution in [0.25, 0.3) is 0 Å². The highest BCUT2D eigenvalue weighted by atomic mass is 35.5. The zero-order valence-corrected chi connectivity index (χ0v) is 17.2. The van der Waals surface area contributed by atoms with Gasteiger partial charge in [0.05, 0.1) is 21.1 Å². The molecule has 0 aliphatic carbocycles. The number of hydrogen-bond acceptors (Lipinski definition) is 5. The molecule has 0 radical (unpaired) electrons. The lowest BCUT2D eigenvalue weighted by atomic mass is 9.95. The second-order valence-electron chi connectivity index (χ2n) is 7.27. The number of nitro benzene ring substituents is 1. The van der Waals surface area contributed by atoms with Crippen molar-refractivity contribution in [3.63, 3.8) is 0 Å². The second-order valence-corrected chi connectivity index (χ2v) is 7.68. The van der Waals surface area contributed by atoms with Gasteiger partial charge in [-0.05, 0) is 43.2 Å². The average molecular weight is 471 g/mol. The average Bonchev–Trinajstić information content (AvgIpc) is 2.72. The number of benzene rings is 2. The normalized spacial score (nSPS) is 14.8. The molecule has 1 aliphatic heterocycles. The van der Waals surface area contributed by atoms with Gasteiger partial charge in [0.25, 0.3) is 5.69 Å². The highest BCUT2D eigenvalue weighted by Gasteiger charge is 2.35. The Labute approximate surface area is 185 Å². The van der Waals surface area contributed by atoms with Gasteiger partial charge in [-0.1, -0.05) is 11.6 Å². The Kier molecular flexibility index (Phi) is 6.58. The molecule has 2 aromatic rings. The van der Waals surface area contributed by atoms with E-state index in [1.54, 1.807) is 4.90 Å². The summed E-state index contributed by atoms with van der Waals surface area (Å²) in [5, 5.41) is 14.1. The van der Waals surface area contributed by atoms with Crippen LogP contribution in [0.2, 0.25) is 5.02 Å². The van der Waals surface area contributed by atoms with Crippen molar-refractivity contribution in [2.24, 2.45) is 11.7 Å². The molecule has 1 aliphatic rings. The molecule has 0 bridgehead atoms. The number of alkyl halides is 3. The monoisotopic (exact) mass is 470 g/mol. The molecule has 3 rings (SSSR count). The number of anilines is 2. The van der Waals surface area contributed by atoms with Gasteiger partial charge in [-0.15, -0.1) is 0 Å². The number of hydrogen-bond donors (Lipinski definition) is 2. The first-order chi connectivity index (χ1) is 15.0. The van der Waals surface area contributed by atoms with Crippen molar-refractivity contribution in [3.8, 4) is 0 Å². The first-order valence-corrected chi connectivity index (χ1v) is 9.86. The Balaban J connectivity index is 1.67. The lowest BCUT2D eigenvalue weighted by Gasteiger charge is -2.32. The zero-order chi connectivity index (χ0) is 23.6. The maximum atomic E-state index is 12.9. The summed E-state index contributed by atoms with van der Waals surface area (Å²) in [4.78, 5) is 35.9. The standard InChI is InChI=1S/C20H18ClF3N4O4/c21-15-10-13(2-3-14(15)18(25)29)26-19(30)11-5-7-27(8-6-11)16-4-1-12(20(22,23)24)9-17(16)28(31)32/h1-4,9-11H,5-8H2,(H2,25,29)(H,26,30). The Morgan fingerprint density at radius 3 is 2.34 bits per heavy atom. The van der Waals surface area contributed by atoms with Gasteiger partial charge in [0, 0.05) is 30.8 Å². The van der Waals surface area contributed by atoms with Gasteiger partial charge in [0.2, 0.25) is 11.8 Å². The van der Waals surface area contributed by atoms with E-state index in [-0.39, 0.29) is 35.3 Å². The molecular formula is C20H18ClF3N4O4. The Morgan fingerprint density at radius 2 is 1.81 bits per heavy atom. The van der Waals surface area contributed by atoms with Gasteiger partial charge in [-0.2, -0.15) is 13.2 Å². The van der Waals surface area contributed by atoms with Crippen molar-refractivity contribution in [3.05, 3.63) is 62.7 Å². The number of halogens is 4. The first-order valence-electron chi connectivity index (χ1n) is 9.48. The Bertz CT molecular complexity index is 1070. The summed E-state index contributed by atoms with van der Waals surface area (Å²) in [5.74, 6) is -1.40. The molecule has 0 atom stereocenters. The second kappa shape index (κ2) is 9.03. The van der Waals surface area contributed by atoms with E-state index in [4.69, 9.17) is 17.3 Å². The summed E-state index contributed by atoms with van der Waals surface area (Å²) in [5.41, 5.74) is 4.04. The number of nitrogens with zero attached hydrogens (tertiary/aromatic N) is 2. The van der Waals surface area contributed by atoms with Crippen LogP contribution in [0.15, 0.2) is 36.4 Å². The van der Waals surface area contributed by atoms with Crippen molar-refractivity contribution in [1.82, 2.24) is 0 Å². The number of primary amides is 1. The fourth-order valence-corrected chi connectivity index (χ4v) is 3.81. The van der Waals surface area contributed by atoms with E-state index in [1.165, 1.54) is 18.2 Å². The molecule has 32 heavy (non-hydrogen) atoms. The smallest absolute Gasteiger partial charge is 0.366 e. The number of rotatable bonds is 5. The van der Waals surface area contributed by atoms with Gasteiger partial charge in [-0.3, -0.25) is 19.7 Å². The zero-order valence-electron chi connectivity index (χ0n) is 16.5. The van der Waals surface area contributed by atoms with Crippen molar-refractivity contribution >= 4 is 40.5 Å². The van der Waals surface area contributed by atoms with Crippen LogP contribution in [-0.4, -0.2) is 29.8 Å². The molecule has 1 heterocycles. The summed E-state index contributed by atoms with van der Waals surface area (Å²) in [6, 6.07) is 6.70. The third-order valence-corrected chi connectivity index (χ3v) is 5.52. The minimum absolute atomic E-state index is 0.0793. The molecule has 12 heteroatoms. The topological polar surface area (TPSA) is 119 Å². The summed E-state index contributed by atoms with van der Waals surface area (Å²) >= 11 is 5.98. The molecule has 3 N–H and O–H groups in total. The number of carbonyl (C=O) groups excluding carboxylic acids is 2. The predicted molar refractivity (Wildman–Crippen MR) is 112 cm³/mol. The summed E-state index contributed by atoms with van der Waals surface area (Å²) in [6.45, 7) is 0.511. The van der Waals surface area contributed by atoms with Crippen LogP contribution in [0.4, 0.5) is 30.2 Å². The fourth-order valence-electron chi connectivity index (χ4n) is 3.53. The van der Waals surface area contributed by atoms with Gasteiger partial charge in [-0.25, -0.2) is 0 Å². The lowest BCUT2D eigenvalue weighted by Crippen LogP contribution is -2.38. The van der Waals surface area contributed by atoms with E-state index in [2.05, 4.69) is 5.32 Å². The highest BCUT2D eigenvalue weighted by molar-refractivity contribution is 6.34. The largest absolute Gasteiger partial charge is 0.416 e. The number of nitrogens with two attached hydrogens (primary N) is 1. The van der Waals surface area contributed by atoms with Crippen LogP contribution < -0.4 is 16.0 Å². The molecule has 0 spiro atoms. The molecule has 170 valence electrons. The molecule has 0 saturated carbocycles.